The molecule has 1 atom stereocenters. The van der Waals surface area contributed by atoms with E-state index in [1.54, 1.807) is 24.0 Å². The fraction of sp³-hybridized carbons (Fsp3) is 0.682. The normalized spacial score (nSPS) is 24.9. The lowest BCUT2D eigenvalue weighted by Crippen LogP contribution is -2.50. The average Bonchev–Trinajstić information content (AvgIpc) is 3.48. The molecule has 30 heavy (non-hydrogen) atoms. The van der Waals surface area contributed by atoms with E-state index >= 15 is 0 Å². The number of urea groups is 1. The first-order valence-corrected chi connectivity index (χ1v) is 10.8. The Morgan fingerprint density at radius 1 is 1.20 bits per heavy atom. The maximum Gasteiger partial charge on any atom is 0.321 e. The van der Waals surface area contributed by atoms with Crippen molar-refractivity contribution < 1.29 is 22.7 Å². The Kier molecular flexibility index (Phi) is 6.25. The van der Waals surface area contributed by atoms with Crippen LogP contribution in [0.1, 0.15) is 37.7 Å². The molecule has 3 aliphatic rings. The highest BCUT2D eigenvalue weighted by atomic mass is 19.3. The Morgan fingerprint density at radius 2 is 1.93 bits per heavy atom. The Hall–Kier alpha value is -1.80. The lowest BCUT2D eigenvalue weighted by Gasteiger charge is -2.39. The van der Waals surface area contributed by atoms with Crippen molar-refractivity contribution in [2.75, 3.05) is 38.2 Å². The molecule has 0 spiro atoms. The number of nitrogens with one attached hydrogen (secondary N) is 1. The third-order valence-corrected chi connectivity index (χ3v) is 6.51. The van der Waals surface area contributed by atoms with Crippen molar-refractivity contribution in [2.24, 2.45) is 5.92 Å². The van der Waals surface area contributed by atoms with Crippen molar-refractivity contribution in [3.8, 4) is 0 Å². The minimum absolute atomic E-state index is 0.0212. The minimum Gasteiger partial charge on any atom is -0.380 e. The topological polar surface area (TPSA) is 44.8 Å². The van der Waals surface area contributed by atoms with E-state index < -0.39 is 5.92 Å². The summed E-state index contributed by atoms with van der Waals surface area (Å²) in [5, 5.41) is 2.76. The van der Waals surface area contributed by atoms with Gasteiger partial charge in [0.15, 0.2) is 0 Å². The Balaban J connectivity index is 1.30. The van der Waals surface area contributed by atoms with Gasteiger partial charge in [0.25, 0.3) is 5.92 Å². The van der Waals surface area contributed by atoms with E-state index in [-0.39, 0.29) is 36.9 Å². The third kappa shape index (κ3) is 5.09. The number of benzene rings is 1. The zero-order valence-corrected chi connectivity index (χ0v) is 17.4. The summed E-state index contributed by atoms with van der Waals surface area (Å²) >= 11 is 0. The predicted molar refractivity (Wildman–Crippen MR) is 108 cm³/mol. The first-order valence-electron chi connectivity index (χ1n) is 10.8. The molecule has 4 rings (SSSR count). The number of amides is 2. The maximum absolute atomic E-state index is 14.1. The number of rotatable bonds is 6. The van der Waals surface area contributed by atoms with E-state index in [4.69, 9.17) is 4.74 Å². The van der Waals surface area contributed by atoms with Crippen LogP contribution in [0.3, 0.4) is 0 Å². The second-order valence-electron chi connectivity index (χ2n) is 8.93. The van der Waals surface area contributed by atoms with Crippen molar-refractivity contribution >= 4 is 11.7 Å². The quantitative estimate of drug-likeness (QED) is 0.741. The van der Waals surface area contributed by atoms with Crippen LogP contribution in [0.2, 0.25) is 0 Å². The molecule has 1 N–H and O–H groups in total. The van der Waals surface area contributed by atoms with Crippen molar-refractivity contribution in [3.63, 3.8) is 0 Å². The van der Waals surface area contributed by atoms with E-state index in [1.807, 2.05) is 4.90 Å². The molecule has 0 radical (unpaired) electrons. The molecule has 8 heteroatoms. The molecule has 2 saturated heterocycles. The number of carbonyl (C=O) groups is 1. The highest BCUT2D eigenvalue weighted by Crippen LogP contribution is 2.36. The van der Waals surface area contributed by atoms with Gasteiger partial charge in [0.05, 0.1) is 13.2 Å². The van der Waals surface area contributed by atoms with Gasteiger partial charge in [-0.05, 0) is 50.7 Å². The Labute approximate surface area is 175 Å². The Bertz CT molecular complexity index is 764. The number of anilines is 1. The smallest absolute Gasteiger partial charge is 0.321 e. The van der Waals surface area contributed by atoms with Gasteiger partial charge in [-0.1, -0.05) is 6.07 Å². The van der Waals surface area contributed by atoms with Crippen molar-refractivity contribution in [3.05, 3.63) is 29.6 Å². The minimum atomic E-state index is -2.68. The Morgan fingerprint density at radius 3 is 2.63 bits per heavy atom. The van der Waals surface area contributed by atoms with Crippen molar-refractivity contribution in [1.29, 1.82) is 0 Å². The molecule has 0 aromatic heterocycles. The van der Waals surface area contributed by atoms with Crippen molar-refractivity contribution in [2.45, 2.75) is 57.0 Å². The molecule has 1 aliphatic carbocycles. The van der Waals surface area contributed by atoms with Crippen LogP contribution < -0.4 is 5.32 Å². The molecule has 2 heterocycles. The zero-order valence-electron chi connectivity index (χ0n) is 17.4. The molecule has 1 aromatic carbocycles. The zero-order chi connectivity index (χ0) is 21.3. The number of halogens is 3. The largest absolute Gasteiger partial charge is 0.380 e. The summed E-state index contributed by atoms with van der Waals surface area (Å²) in [6.07, 6.45) is 3.49. The summed E-state index contributed by atoms with van der Waals surface area (Å²) in [5.41, 5.74) is 0.850. The van der Waals surface area contributed by atoms with Crippen molar-refractivity contribution in [1.82, 2.24) is 9.80 Å². The van der Waals surface area contributed by atoms with Crippen LogP contribution in [0.5, 0.6) is 0 Å². The van der Waals surface area contributed by atoms with Crippen LogP contribution in [0.15, 0.2) is 18.2 Å². The maximum atomic E-state index is 14.1. The van der Waals surface area contributed by atoms with Gasteiger partial charge in [0, 0.05) is 49.5 Å². The number of carbonyl (C=O) groups excluding carboxylic acids is 1. The highest BCUT2D eigenvalue weighted by molar-refractivity contribution is 5.90. The standard InChI is InChI=1S/C22H30F3N3O2/c1-15-19(23)3-2-4-20(15)26-21(29)27-9-7-17(8-10-27)28-14-22(24,25)11-18(28)13-30-12-16-5-6-16/h2-4,16-18H,5-14H2,1H3,(H,26,29)/t18-/m0/s1. The van der Waals surface area contributed by atoms with E-state index in [2.05, 4.69) is 5.32 Å². The van der Waals surface area contributed by atoms with Gasteiger partial charge in [0.2, 0.25) is 0 Å². The van der Waals surface area contributed by atoms with Crippen LogP contribution in [0, 0.1) is 18.7 Å². The lowest BCUT2D eigenvalue weighted by molar-refractivity contribution is 0.00378. The summed E-state index contributed by atoms with van der Waals surface area (Å²) in [6.45, 7) is 3.39. The van der Waals surface area contributed by atoms with Crippen LogP contribution in [0.4, 0.5) is 23.7 Å². The van der Waals surface area contributed by atoms with E-state index in [0.717, 1.165) is 0 Å². The van der Waals surface area contributed by atoms with Gasteiger partial charge < -0.3 is 15.0 Å². The van der Waals surface area contributed by atoms with Crippen LogP contribution in [-0.2, 0) is 4.74 Å². The van der Waals surface area contributed by atoms with Crippen LogP contribution in [0.25, 0.3) is 0 Å². The van der Waals surface area contributed by atoms with E-state index in [1.165, 1.54) is 18.9 Å². The fourth-order valence-electron chi connectivity index (χ4n) is 4.50. The van der Waals surface area contributed by atoms with E-state index in [0.29, 0.717) is 56.3 Å². The fourth-order valence-corrected chi connectivity index (χ4v) is 4.50. The number of ether oxygens (including phenoxy) is 1. The molecule has 3 fully saturated rings. The first-order chi connectivity index (χ1) is 14.3. The SMILES string of the molecule is Cc1c(F)cccc1NC(=O)N1CCC(N2CC(F)(F)C[C@H]2COCC2CC2)CC1. The molecule has 166 valence electrons. The third-order valence-electron chi connectivity index (χ3n) is 6.51. The molecule has 5 nitrogen and oxygen atoms in total. The number of alkyl halides is 2. The molecule has 1 saturated carbocycles. The summed E-state index contributed by atoms with van der Waals surface area (Å²) in [7, 11) is 0. The van der Waals surface area contributed by atoms with Gasteiger partial charge in [-0.15, -0.1) is 0 Å². The molecule has 2 aliphatic heterocycles. The number of likely N-dealkylation sites (tertiary alicyclic amines) is 2. The summed E-state index contributed by atoms with van der Waals surface area (Å²) < 4.78 is 47.6. The van der Waals surface area contributed by atoms with Gasteiger partial charge in [-0.25, -0.2) is 18.0 Å². The number of nitrogens with zero attached hydrogens (tertiary/aromatic N) is 2. The highest BCUT2D eigenvalue weighted by Gasteiger charge is 2.47. The average molecular weight is 425 g/mol. The van der Waals surface area contributed by atoms with E-state index in [9.17, 15) is 18.0 Å². The molecule has 0 bridgehead atoms. The van der Waals surface area contributed by atoms with Crippen LogP contribution >= 0.6 is 0 Å². The predicted octanol–water partition coefficient (Wildman–Crippen LogP) is 4.27. The summed E-state index contributed by atoms with van der Waals surface area (Å²) in [4.78, 5) is 16.2. The monoisotopic (exact) mass is 425 g/mol. The summed E-state index contributed by atoms with van der Waals surface area (Å²) in [5.74, 6) is -2.43. The number of piperidine rings is 1. The number of hydrogen-bond donors (Lipinski definition) is 1. The number of hydrogen-bond acceptors (Lipinski definition) is 3. The molecule has 0 unspecified atom stereocenters. The first kappa shape index (κ1) is 21.4. The summed E-state index contributed by atoms with van der Waals surface area (Å²) in [6, 6.07) is 4.06. The van der Waals surface area contributed by atoms with Gasteiger partial charge >= 0.3 is 6.03 Å². The van der Waals surface area contributed by atoms with Gasteiger partial charge in [-0.3, -0.25) is 4.90 Å². The van der Waals surface area contributed by atoms with Crippen LogP contribution in [-0.4, -0.2) is 66.7 Å². The molecule has 1 aromatic rings. The molecular weight excluding hydrogens is 395 g/mol. The second kappa shape index (κ2) is 8.75. The van der Waals surface area contributed by atoms with Gasteiger partial charge in [0.1, 0.15) is 5.82 Å². The molecular formula is C22H30F3N3O2. The second-order valence-corrected chi connectivity index (χ2v) is 8.93. The van der Waals surface area contributed by atoms with Gasteiger partial charge in [-0.2, -0.15) is 0 Å². The lowest BCUT2D eigenvalue weighted by atomic mass is 10.0. The molecule has 2 amide bonds.